The zero-order valence-corrected chi connectivity index (χ0v) is 8.83. The van der Waals surface area contributed by atoms with Crippen molar-refractivity contribution in [2.45, 2.75) is 17.7 Å². The van der Waals surface area contributed by atoms with Crippen molar-refractivity contribution >= 4 is 15.8 Å². The quantitative estimate of drug-likeness (QED) is 0.818. The molecule has 0 spiro atoms. The maximum atomic E-state index is 11.6. The minimum atomic E-state index is -3.34. The first-order valence-electron chi connectivity index (χ1n) is 4.43. The van der Waals surface area contributed by atoms with Gasteiger partial charge in [-0.05, 0) is 24.6 Å². The number of sulfone groups is 1. The van der Waals surface area contributed by atoms with Crippen molar-refractivity contribution in [3.8, 4) is 0 Å². The van der Waals surface area contributed by atoms with Crippen LogP contribution >= 0.6 is 0 Å². The Bertz CT molecular complexity index is 422. The van der Waals surface area contributed by atoms with Gasteiger partial charge in [0.05, 0.1) is 10.6 Å². The van der Waals surface area contributed by atoms with Crippen LogP contribution in [0, 0.1) is 6.07 Å². The van der Waals surface area contributed by atoms with Gasteiger partial charge in [-0.2, -0.15) is 0 Å². The van der Waals surface area contributed by atoms with E-state index in [4.69, 9.17) is 5.11 Å². The first-order valence-corrected chi connectivity index (χ1v) is 6.08. The van der Waals surface area contributed by atoms with Gasteiger partial charge in [0.15, 0.2) is 9.84 Å². The molecular weight excluding hydrogens is 216 g/mol. The lowest BCUT2D eigenvalue weighted by molar-refractivity contribution is -0.137. The fourth-order valence-corrected chi connectivity index (χ4v) is 2.42. The third-order valence-electron chi connectivity index (χ3n) is 1.85. The topological polar surface area (TPSA) is 71.4 Å². The van der Waals surface area contributed by atoms with Crippen LogP contribution in [0.25, 0.3) is 0 Å². The second-order valence-electron chi connectivity index (χ2n) is 3.05. The molecule has 0 amide bonds. The molecule has 1 N–H and O–H groups in total. The van der Waals surface area contributed by atoms with Crippen molar-refractivity contribution < 1.29 is 18.3 Å². The van der Waals surface area contributed by atoms with Crippen LogP contribution in [0.5, 0.6) is 0 Å². The number of hydrogen-bond acceptors (Lipinski definition) is 3. The molecule has 4 nitrogen and oxygen atoms in total. The van der Waals surface area contributed by atoms with Gasteiger partial charge in [-0.3, -0.25) is 4.79 Å². The second kappa shape index (κ2) is 4.93. The normalized spacial score (nSPS) is 11.2. The maximum Gasteiger partial charge on any atom is 0.303 e. The van der Waals surface area contributed by atoms with Crippen LogP contribution in [0.4, 0.5) is 0 Å². The molecule has 0 bridgehead atoms. The van der Waals surface area contributed by atoms with Gasteiger partial charge in [0.1, 0.15) is 0 Å². The maximum absolute atomic E-state index is 11.6. The predicted molar refractivity (Wildman–Crippen MR) is 54.2 cm³/mol. The lowest BCUT2D eigenvalue weighted by atomic mass is 10.3. The van der Waals surface area contributed by atoms with Gasteiger partial charge in [-0.1, -0.05) is 12.1 Å². The molecule has 0 saturated carbocycles. The Morgan fingerprint density at radius 2 is 1.93 bits per heavy atom. The second-order valence-corrected chi connectivity index (χ2v) is 5.16. The number of hydrogen-bond donors (Lipinski definition) is 1. The summed E-state index contributed by atoms with van der Waals surface area (Å²) in [6.07, 6.45) is 0.00840. The molecule has 1 radical (unpaired) electrons. The summed E-state index contributed by atoms with van der Waals surface area (Å²) >= 11 is 0. The summed E-state index contributed by atoms with van der Waals surface area (Å²) in [6, 6.07) is 8.67. The Hall–Kier alpha value is -1.36. The van der Waals surface area contributed by atoms with E-state index in [1.54, 1.807) is 0 Å². The molecule has 0 saturated heterocycles. The molecule has 0 aromatic heterocycles. The molecule has 1 aromatic carbocycles. The SMILES string of the molecule is O=C(O)CCCS(=O)(=O)c1cc[c]cc1. The van der Waals surface area contributed by atoms with Gasteiger partial charge in [0.2, 0.25) is 0 Å². The van der Waals surface area contributed by atoms with E-state index >= 15 is 0 Å². The van der Waals surface area contributed by atoms with Crippen molar-refractivity contribution in [1.29, 1.82) is 0 Å². The molecule has 0 aliphatic carbocycles. The van der Waals surface area contributed by atoms with E-state index in [0.29, 0.717) is 0 Å². The standard InChI is InChI=1S/C10H11O4S/c11-10(12)7-4-8-15(13,14)9-5-2-1-3-6-9/h2-3,5-6H,4,7-8H2,(H,11,12). The van der Waals surface area contributed by atoms with Gasteiger partial charge >= 0.3 is 5.97 Å². The molecule has 1 rings (SSSR count). The first-order chi connectivity index (χ1) is 7.02. The molecule has 0 aliphatic heterocycles. The van der Waals surface area contributed by atoms with E-state index in [0.717, 1.165) is 0 Å². The molecule has 0 heterocycles. The Labute approximate surface area is 88.5 Å². The summed E-state index contributed by atoms with van der Waals surface area (Å²) < 4.78 is 23.2. The van der Waals surface area contributed by atoms with Gasteiger partial charge in [-0.25, -0.2) is 8.42 Å². The third kappa shape index (κ3) is 3.71. The highest BCUT2D eigenvalue weighted by Gasteiger charge is 2.13. The fourth-order valence-electron chi connectivity index (χ4n) is 1.11. The van der Waals surface area contributed by atoms with Crippen molar-refractivity contribution in [2.75, 3.05) is 5.75 Å². The minimum absolute atomic E-state index is 0.127. The summed E-state index contributed by atoms with van der Waals surface area (Å²) in [4.78, 5) is 10.4. The third-order valence-corrected chi connectivity index (χ3v) is 3.67. The molecule has 1 aromatic rings. The lowest BCUT2D eigenvalue weighted by Crippen LogP contribution is -2.08. The van der Waals surface area contributed by atoms with Crippen molar-refractivity contribution in [2.24, 2.45) is 0 Å². The smallest absolute Gasteiger partial charge is 0.303 e. The van der Waals surface area contributed by atoms with Crippen LogP contribution < -0.4 is 0 Å². The highest BCUT2D eigenvalue weighted by molar-refractivity contribution is 7.91. The van der Waals surface area contributed by atoms with E-state index in [-0.39, 0.29) is 23.5 Å². The van der Waals surface area contributed by atoms with E-state index in [2.05, 4.69) is 6.07 Å². The Morgan fingerprint density at radius 3 is 2.47 bits per heavy atom. The number of rotatable bonds is 5. The van der Waals surface area contributed by atoms with Gasteiger partial charge in [-0.15, -0.1) is 0 Å². The van der Waals surface area contributed by atoms with E-state index in [1.807, 2.05) is 0 Å². The van der Waals surface area contributed by atoms with E-state index in [1.165, 1.54) is 24.3 Å². The molecule has 0 unspecified atom stereocenters. The molecule has 15 heavy (non-hydrogen) atoms. The highest BCUT2D eigenvalue weighted by atomic mass is 32.2. The average Bonchev–Trinajstić information content (AvgIpc) is 2.18. The number of carboxylic acids is 1. The van der Waals surface area contributed by atoms with E-state index in [9.17, 15) is 13.2 Å². The van der Waals surface area contributed by atoms with Crippen LogP contribution in [0.1, 0.15) is 12.8 Å². The molecule has 5 heteroatoms. The van der Waals surface area contributed by atoms with E-state index < -0.39 is 15.8 Å². The Kier molecular flexibility index (Phi) is 3.85. The van der Waals surface area contributed by atoms with Crippen LogP contribution in [-0.4, -0.2) is 25.2 Å². The molecule has 0 aliphatic rings. The molecule has 0 atom stereocenters. The van der Waals surface area contributed by atoms with Crippen LogP contribution in [-0.2, 0) is 14.6 Å². The summed E-state index contributed by atoms with van der Waals surface area (Å²) in [5, 5.41) is 8.38. The summed E-state index contributed by atoms with van der Waals surface area (Å²) in [7, 11) is -3.34. The Balaban J connectivity index is 2.65. The fraction of sp³-hybridized carbons (Fsp3) is 0.300. The Morgan fingerprint density at radius 1 is 1.33 bits per heavy atom. The van der Waals surface area contributed by atoms with Crippen molar-refractivity contribution in [3.63, 3.8) is 0 Å². The zero-order valence-electron chi connectivity index (χ0n) is 8.01. The monoisotopic (exact) mass is 227 g/mol. The largest absolute Gasteiger partial charge is 0.481 e. The van der Waals surface area contributed by atoms with Crippen LogP contribution in [0.3, 0.4) is 0 Å². The zero-order chi connectivity index (χ0) is 11.3. The highest BCUT2D eigenvalue weighted by Crippen LogP contribution is 2.11. The summed E-state index contributed by atoms with van der Waals surface area (Å²) in [5.74, 6) is -1.12. The number of carboxylic acid groups (broad SMARTS) is 1. The molecule has 0 fully saturated rings. The predicted octanol–water partition coefficient (Wildman–Crippen LogP) is 1.13. The summed E-state index contributed by atoms with van der Waals surface area (Å²) in [5.41, 5.74) is 0. The average molecular weight is 227 g/mol. The number of benzene rings is 1. The summed E-state index contributed by atoms with van der Waals surface area (Å²) in [6.45, 7) is 0. The minimum Gasteiger partial charge on any atom is -0.481 e. The van der Waals surface area contributed by atoms with Gasteiger partial charge in [0, 0.05) is 6.42 Å². The van der Waals surface area contributed by atoms with Gasteiger partial charge in [0.25, 0.3) is 0 Å². The van der Waals surface area contributed by atoms with Crippen LogP contribution in [0.2, 0.25) is 0 Å². The first kappa shape index (κ1) is 11.7. The van der Waals surface area contributed by atoms with Crippen molar-refractivity contribution in [1.82, 2.24) is 0 Å². The lowest BCUT2D eigenvalue weighted by Gasteiger charge is -2.02. The van der Waals surface area contributed by atoms with Crippen LogP contribution in [0.15, 0.2) is 29.2 Å². The molecular formula is C10H11O4S. The number of carbonyl (C=O) groups is 1. The molecule has 81 valence electrons. The number of aliphatic carboxylic acids is 1. The van der Waals surface area contributed by atoms with Crippen molar-refractivity contribution in [3.05, 3.63) is 30.3 Å². The van der Waals surface area contributed by atoms with Gasteiger partial charge < -0.3 is 5.11 Å².